The summed E-state index contributed by atoms with van der Waals surface area (Å²) in [6, 6.07) is 1.75. The molecule has 2 aromatic rings. The van der Waals surface area contributed by atoms with Gasteiger partial charge in [0.15, 0.2) is 5.13 Å². The summed E-state index contributed by atoms with van der Waals surface area (Å²) in [7, 11) is 0. The molecule has 0 radical (unpaired) electrons. The van der Waals surface area contributed by atoms with Crippen molar-refractivity contribution in [2.45, 2.75) is 63.5 Å². The van der Waals surface area contributed by atoms with Gasteiger partial charge in [-0.2, -0.15) is 5.10 Å². The fourth-order valence-corrected chi connectivity index (χ4v) is 5.42. The SMILES string of the molecule is O=c1cc2c(nn1C1COCC1Nc1nc3c(s1)CCCC3)CCCC2. The van der Waals surface area contributed by atoms with Crippen LogP contribution in [0.5, 0.6) is 0 Å². The Morgan fingerprint density at radius 3 is 2.77 bits per heavy atom. The quantitative estimate of drug-likeness (QED) is 0.897. The lowest BCUT2D eigenvalue weighted by Gasteiger charge is -2.22. The molecule has 1 N–H and O–H groups in total. The number of anilines is 1. The second-order valence-corrected chi connectivity index (χ2v) is 8.64. The molecule has 3 aliphatic rings. The van der Waals surface area contributed by atoms with Gasteiger partial charge in [-0.1, -0.05) is 0 Å². The van der Waals surface area contributed by atoms with Crippen molar-refractivity contribution < 1.29 is 4.74 Å². The molecule has 1 saturated heterocycles. The first-order valence-electron chi connectivity index (χ1n) is 9.72. The Balaban J connectivity index is 1.40. The molecule has 6 nitrogen and oxygen atoms in total. The van der Waals surface area contributed by atoms with Crippen LogP contribution in [0.25, 0.3) is 0 Å². The summed E-state index contributed by atoms with van der Waals surface area (Å²) in [5.74, 6) is 0. The zero-order valence-corrected chi connectivity index (χ0v) is 15.7. The van der Waals surface area contributed by atoms with Crippen molar-refractivity contribution in [2.75, 3.05) is 18.5 Å². The zero-order chi connectivity index (χ0) is 17.5. The van der Waals surface area contributed by atoms with Crippen LogP contribution in [0.1, 0.15) is 53.6 Å². The molecule has 1 fully saturated rings. The molecule has 2 unspecified atom stereocenters. The van der Waals surface area contributed by atoms with Gasteiger partial charge in [0.1, 0.15) is 6.04 Å². The van der Waals surface area contributed by atoms with Gasteiger partial charge < -0.3 is 10.1 Å². The number of aromatic nitrogens is 3. The molecule has 2 aliphatic carbocycles. The molecule has 0 saturated carbocycles. The Morgan fingerprint density at radius 1 is 1.08 bits per heavy atom. The van der Waals surface area contributed by atoms with Crippen LogP contribution in [0.2, 0.25) is 0 Å². The number of ether oxygens (including phenoxy) is 1. The van der Waals surface area contributed by atoms with E-state index < -0.39 is 0 Å². The third kappa shape index (κ3) is 2.97. The summed E-state index contributed by atoms with van der Waals surface area (Å²) < 4.78 is 7.37. The maximum absolute atomic E-state index is 12.6. The highest BCUT2D eigenvalue weighted by molar-refractivity contribution is 7.15. The van der Waals surface area contributed by atoms with Crippen molar-refractivity contribution in [1.82, 2.24) is 14.8 Å². The Bertz CT molecular complexity index is 851. The first kappa shape index (κ1) is 16.4. The largest absolute Gasteiger partial charge is 0.377 e. The molecule has 3 heterocycles. The highest BCUT2D eigenvalue weighted by Crippen LogP contribution is 2.31. The average molecular weight is 372 g/mol. The lowest BCUT2D eigenvalue weighted by atomic mass is 9.97. The second-order valence-electron chi connectivity index (χ2n) is 7.56. The molecular formula is C19H24N4O2S. The van der Waals surface area contributed by atoms with Gasteiger partial charge in [0.05, 0.1) is 30.6 Å². The molecule has 7 heteroatoms. The van der Waals surface area contributed by atoms with E-state index in [0.29, 0.717) is 13.2 Å². The topological polar surface area (TPSA) is 69.0 Å². The van der Waals surface area contributed by atoms with E-state index in [1.165, 1.54) is 23.4 Å². The minimum Gasteiger partial charge on any atom is -0.377 e. The second kappa shape index (κ2) is 6.78. The predicted molar refractivity (Wildman–Crippen MR) is 101 cm³/mol. The van der Waals surface area contributed by atoms with Crippen molar-refractivity contribution in [1.29, 1.82) is 0 Å². The maximum Gasteiger partial charge on any atom is 0.267 e. The van der Waals surface area contributed by atoms with E-state index in [9.17, 15) is 4.79 Å². The predicted octanol–water partition coefficient (Wildman–Crippen LogP) is 2.51. The van der Waals surface area contributed by atoms with Crippen molar-refractivity contribution in [3.05, 3.63) is 38.2 Å². The highest BCUT2D eigenvalue weighted by Gasteiger charge is 2.33. The molecular weight excluding hydrogens is 348 g/mol. The number of nitrogens with one attached hydrogen (secondary N) is 1. The minimum absolute atomic E-state index is 0.00798. The Labute approximate surface area is 156 Å². The standard InChI is InChI=1S/C19H24N4O2S/c24-18-9-12-5-1-2-6-13(12)22-23(18)16-11-25-10-15(16)21-19-20-14-7-3-4-8-17(14)26-19/h9,15-16H,1-8,10-11H2,(H,20,21). The number of fused-ring (bicyclic) bond motifs is 2. The van der Waals surface area contributed by atoms with Crippen LogP contribution in [-0.2, 0) is 30.4 Å². The minimum atomic E-state index is -0.0735. The first-order chi connectivity index (χ1) is 12.8. The summed E-state index contributed by atoms with van der Waals surface area (Å²) in [6.45, 7) is 1.11. The Hall–Kier alpha value is -1.73. The van der Waals surface area contributed by atoms with Gasteiger partial charge in [0.2, 0.25) is 0 Å². The molecule has 0 spiro atoms. The average Bonchev–Trinajstić information content (AvgIpc) is 3.27. The van der Waals surface area contributed by atoms with E-state index in [1.807, 2.05) is 0 Å². The molecule has 0 bridgehead atoms. The number of aryl methyl sites for hydroxylation is 4. The van der Waals surface area contributed by atoms with Crippen molar-refractivity contribution in [2.24, 2.45) is 0 Å². The van der Waals surface area contributed by atoms with Crippen LogP contribution in [-0.4, -0.2) is 34.0 Å². The van der Waals surface area contributed by atoms with Gasteiger partial charge >= 0.3 is 0 Å². The lowest BCUT2D eigenvalue weighted by Crippen LogP contribution is -2.38. The summed E-state index contributed by atoms with van der Waals surface area (Å²) >= 11 is 1.76. The van der Waals surface area contributed by atoms with Crippen molar-refractivity contribution >= 4 is 16.5 Å². The van der Waals surface area contributed by atoms with Crippen LogP contribution in [0.4, 0.5) is 5.13 Å². The monoisotopic (exact) mass is 372 g/mol. The van der Waals surface area contributed by atoms with Gasteiger partial charge in [0, 0.05) is 10.9 Å². The Kier molecular flexibility index (Phi) is 4.29. The van der Waals surface area contributed by atoms with Crippen molar-refractivity contribution in [3.8, 4) is 0 Å². The third-order valence-electron chi connectivity index (χ3n) is 5.75. The third-order valence-corrected chi connectivity index (χ3v) is 6.84. The van der Waals surface area contributed by atoms with Gasteiger partial charge in [-0.25, -0.2) is 9.67 Å². The fraction of sp³-hybridized carbons (Fsp3) is 0.632. The van der Waals surface area contributed by atoms with E-state index in [1.54, 1.807) is 22.1 Å². The van der Waals surface area contributed by atoms with Gasteiger partial charge in [-0.3, -0.25) is 4.79 Å². The fourth-order valence-electron chi connectivity index (χ4n) is 4.31. The molecule has 2 atom stereocenters. The van der Waals surface area contributed by atoms with Gasteiger partial charge in [-0.15, -0.1) is 11.3 Å². The van der Waals surface area contributed by atoms with Crippen LogP contribution in [0, 0.1) is 0 Å². The number of nitrogens with zero attached hydrogens (tertiary/aromatic N) is 3. The summed E-state index contributed by atoms with van der Waals surface area (Å²) in [5, 5.41) is 9.22. The smallest absolute Gasteiger partial charge is 0.267 e. The molecule has 1 aliphatic heterocycles. The molecule has 5 rings (SSSR count). The van der Waals surface area contributed by atoms with Crippen LogP contribution >= 0.6 is 11.3 Å². The van der Waals surface area contributed by atoms with Crippen LogP contribution in [0.15, 0.2) is 10.9 Å². The summed E-state index contributed by atoms with van der Waals surface area (Å²) in [6.07, 6.45) is 8.99. The van der Waals surface area contributed by atoms with Gasteiger partial charge in [0.25, 0.3) is 5.56 Å². The normalized spacial score (nSPS) is 24.9. The lowest BCUT2D eigenvalue weighted by molar-refractivity contribution is 0.182. The highest BCUT2D eigenvalue weighted by atomic mass is 32.1. The molecule has 26 heavy (non-hydrogen) atoms. The van der Waals surface area contributed by atoms with Gasteiger partial charge in [-0.05, 0) is 56.9 Å². The molecule has 0 aromatic carbocycles. The first-order valence-corrected chi connectivity index (χ1v) is 10.5. The molecule has 0 amide bonds. The van der Waals surface area contributed by atoms with Crippen LogP contribution < -0.4 is 10.9 Å². The van der Waals surface area contributed by atoms with E-state index in [2.05, 4.69) is 5.32 Å². The molecule has 2 aromatic heterocycles. The maximum atomic E-state index is 12.6. The zero-order valence-electron chi connectivity index (χ0n) is 14.9. The van der Waals surface area contributed by atoms with E-state index in [-0.39, 0.29) is 17.6 Å². The molecule has 138 valence electrons. The van der Waals surface area contributed by atoms with E-state index in [0.717, 1.165) is 54.9 Å². The van der Waals surface area contributed by atoms with E-state index in [4.69, 9.17) is 14.8 Å². The summed E-state index contributed by atoms with van der Waals surface area (Å²) in [4.78, 5) is 18.8. The van der Waals surface area contributed by atoms with Crippen molar-refractivity contribution in [3.63, 3.8) is 0 Å². The Morgan fingerprint density at radius 2 is 1.88 bits per heavy atom. The van der Waals surface area contributed by atoms with Crippen LogP contribution in [0.3, 0.4) is 0 Å². The number of rotatable bonds is 3. The number of thiazole rings is 1. The number of hydrogen-bond acceptors (Lipinski definition) is 6. The van der Waals surface area contributed by atoms with E-state index >= 15 is 0 Å². The number of hydrogen-bond donors (Lipinski definition) is 1. The summed E-state index contributed by atoms with van der Waals surface area (Å²) in [5.41, 5.74) is 3.47.